The first-order chi connectivity index (χ1) is 18.3. The molecule has 0 fully saturated rings. The van der Waals surface area contributed by atoms with Crippen molar-refractivity contribution >= 4 is 17.5 Å². The summed E-state index contributed by atoms with van der Waals surface area (Å²) in [6.45, 7) is 8.64. The van der Waals surface area contributed by atoms with E-state index in [0.29, 0.717) is 25.6 Å². The Morgan fingerprint density at radius 2 is 1.64 bits per heavy atom. The van der Waals surface area contributed by atoms with Crippen LogP contribution >= 0.6 is 0 Å². The number of fused-ring (bicyclic) bond motifs is 1. The van der Waals surface area contributed by atoms with Gasteiger partial charge in [0, 0.05) is 44.8 Å². The minimum absolute atomic E-state index is 0. The number of nitrogens with zero attached hydrogens (tertiary/aromatic N) is 4. The number of hydrogen-bond acceptors (Lipinski definition) is 5. The van der Waals surface area contributed by atoms with Crippen LogP contribution in [0.4, 0.5) is 5.69 Å². The van der Waals surface area contributed by atoms with Crippen LogP contribution in [-0.4, -0.2) is 53.5 Å². The Hall–Kier alpha value is -3.71. The quantitative estimate of drug-likeness (QED) is 0.335. The number of aromatic nitrogens is 1. The van der Waals surface area contributed by atoms with Gasteiger partial charge in [-0.25, -0.2) is 5.01 Å². The van der Waals surface area contributed by atoms with Crippen molar-refractivity contribution in [3.8, 4) is 11.1 Å². The molecule has 7 heteroatoms. The molecule has 1 aliphatic heterocycles. The molecule has 1 aromatic heterocycles. The van der Waals surface area contributed by atoms with Crippen LogP contribution < -0.4 is 10.2 Å². The van der Waals surface area contributed by atoms with Gasteiger partial charge in [-0.15, -0.1) is 0 Å². The topological polar surface area (TPSA) is 68.8 Å². The molecule has 0 saturated heterocycles. The molecule has 2 heterocycles. The highest BCUT2D eigenvalue weighted by Gasteiger charge is 2.27. The molecule has 1 aliphatic rings. The Bertz CT molecular complexity index is 1220. The molecular formula is C32H43N5O2. The van der Waals surface area contributed by atoms with Gasteiger partial charge < -0.3 is 10.2 Å². The van der Waals surface area contributed by atoms with Gasteiger partial charge in [-0.1, -0.05) is 57.7 Å². The maximum absolute atomic E-state index is 13.6. The summed E-state index contributed by atoms with van der Waals surface area (Å²) in [6, 6.07) is 18.4. The fraction of sp³-hybridized carbons (Fsp3) is 0.406. The minimum Gasteiger partial charge on any atom is -0.355 e. The monoisotopic (exact) mass is 529 g/mol. The van der Waals surface area contributed by atoms with E-state index in [4.69, 9.17) is 0 Å². The molecule has 3 aromatic rings. The van der Waals surface area contributed by atoms with Crippen molar-refractivity contribution < 1.29 is 9.59 Å². The molecule has 2 amide bonds. The molecule has 39 heavy (non-hydrogen) atoms. The summed E-state index contributed by atoms with van der Waals surface area (Å²) < 4.78 is 0. The normalized spacial score (nSPS) is 12.5. The lowest BCUT2D eigenvalue weighted by Crippen LogP contribution is -2.48. The van der Waals surface area contributed by atoms with E-state index < -0.39 is 0 Å². The first kappa shape index (κ1) is 29.8. The second-order valence-corrected chi connectivity index (χ2v) is 10.5. The smallest absolute Gasteiger partial charge is 0.256 e. The van der Waals surface area contributed by atoms with Crippen molar-refractivity contribution in [2.75, 3.05) is 31.6 Å². The van der Waals surface area contributed by atoms with Gasteiger partial charge in [0.05, 0.1) is 13.1 Å². The molecule has 0 unspecified atom stereocenters. The lowest BCUT2D eigenvalue weighted by molar-refractivity contribution is -0.145. The van der Waals surface area contributed by atoms with Crippen LogP contribution in [0, 0.1) is 12.8 Å². The molecule has 0 radical (unpaired) electrons. The van der Waals surface area contributed by atoms with Gasteiger partial charge in [0.25, 0.3) is 5.91 Å². The Morgan fingerprint density at radius 3 is 2.28 bits per heavy atom. The van der Waals surface area contributed by atoms with Crippen LogP contribution in [0.15, 0.2) is 67.0 Å². The van der Waals surface area contributed by atoms with Gasteiger partial charge in [-0.3, -0.25) is 19.6 Å². The molecule has 0 spiro atoms. The number of carbonyl (C=O) groups excluding carboxylic acids is 2. The molecule has 208 valence electrons. The van der Waals surface area contributed by atoms with Crippen LogP contribution in [0.3, 0.4) is 0 Å². The van der Waals surface area contributed by atoms with Crippen molar-refractivity contribution in [3.05, 3.63) is 83.7 Å². The zero-order chi connectivity index (χ0) is 27.1. The summed E-state index contributed by atoms with van der Waals surface area (Å²) in [4.78, 5) is 32.6. The van der Waals surface area contributed by atoms with E-state index in [1.54, 1.807) is 17.4 Å². The highest BCUT2D eigenvalue weighted by Crippen LogP contribution is 2.28. The number of hydrazine groups is 1. The maximum atomic E-state index is 13.6. The SMILES string of the molecule is C.Cc1ccc(-c2ccncc2)cc1N(CC(=O)NCCCC(C)C)CC(=O)N(C)N1Cc2ccccc2C1. The molecule has 0 atom stereocenters. The van der Waals surface area contributed by atoms with Crippen LogP contribution in [0.25, 0.3) is 11.1 Å². The summed E-state index contributed by atoms with van der Waals surface area (Å²) in [7, 11) is 1.82. The number of amides is 2. The van der Waals surface area contributed by atoms with E-state index in [0.717, 1.165) is 35.2 Å². The van der Waals surface area contributed by atoms with Crippen LogP contribution in [0.1, 0.15) is 50.8 Å². The predicted molar refractivity (Wildman–Crippen MR) is 159 cm³/mol. The molecule has 7 nitrogen and oxygen atoms in total. The van der Waals surface area contributed by atoms with Crippen LogP contribution in [0.5, 0.6) is 0 Å². The van der Waals surface area contributed by atoms with Crippen molar-refractivity contribution in [2.24, 2.45) is 5.92 Å². The van der Waals surface area contributed by atoms with Crippen molar-refractivity contribution in [1.29, 1.82) is 0 Å². The molecular weight excluding hydrogens is 486 g/mol. The molecule has 0 saturated carbocycles. The Morgan fingerprint density at radius 1 is 0.974 bits per heavy atom. The summed E-state index contributed by atoms with van der Waals surface area (Å²) in [5, 5.41) is 6.81. The van der Waals surface area contributed by atoms with Gasteiger partial charge in [-0.2, -0.15) is 0 Å². The third-order valence-corrected chi connectivity index (χ3v) is 7.11. The maximum Gasteiger partial charge on any atom is 0.256 e. The third kappa shape index (κ3) is 7.90. The Kier molecular flexibility index (Phi) is 10.6. The molecule has 0 aliphatic carbocycles. The van der Waals surface area contributed by atoms with E-state index in [-0.39, 0.29) is 32.3 Å². The Balaban J connectivity index is 0.00000420. The summed E-state index contributed by atoms with van der Waals surface area (Å²) in [6.07, 6.45) is 5.54. The summed E-state index contributed by atoms with van der Waals surface area (Å²) >= 11 is 0. The van der Waals surface area contributed by atoms with Crippen molar-refractivity contribution in [2.45, 2.75) is 54.1 Å². The second kappa shape index (κ2) is 13.9. The fourth-order valence-electron chi connectivity index (χ4n) is 4.82. The van der Waals surface area contributed by atoms with Gasteiger partial charge in [0.1, 0.15) is 0 Å². The first-order valence-electron chi connectivity index (χ1n) is 13.4. The van der Waals surface area contributed by atoms with Crippen LogP contribution in [-0.2, 0) is 22.7 Å². The average molecular weight is 530 g/mol. The molecule has 2 aromatic carbocycles. The molecule has 4 rings (SSSR count). The van der Waals surface area contributed by atoms with Gasteiger partial charge in [0.2, 0.25) is 5.91 Å². The first-order valence-corrected chi connectivity index (χ1v) is 13.4. The third-order valence-electron chi connectivity index (χ3n) is 7.11. The zero-order valence-electron chi connectivity index (χ0n) is 23.0. The fourth-order valence-corrected chi connectivity index (χ4v) is 4.82. The molecule has 1 N–H and O–H groups in total. The van der Waals surface area contributed by atoms with Crippen LogP contribution in [0.2, 0.25) is 0 Å². The minimum atomic E-state index is -0.0773. The number of carbonyl (C=O) groups is 2. The van der Waals surface area contributed by atoms with E-state index in [2.05, 4.69) is 53.4 Å². The predicted octanol–water partition coefficient (Wildman–Crippen LogP) is 5.44. The lowest BCUT2D eigenvalue weighted by Gasteiger charge is -2.32. The van der Waals surface area contributed by atoms with E-state index in [1.165, 1.54) is 11.1 Å². The van der Waals surface area contributed by atoms with Crippen molar-refractivity contribution in [3.63, 3.8) is 0 Å². The zero-order valence-corrected chi connectivity index (χ0v) is 23.0. The molecule has 0 bridgehead atoms. The highest BCUT2D eigenvalue weighted by atomic mass is 16.2. The summed E-state index contributed by atoms with van der Waals surface area (Å²) in [5.74, 6) is 0.470. The number of benzene rings is 2. The van der Waals surface area contributed by atoms with E-state index in [1.807, 2.05) is 49.2 Å². The van der Waals surface area contributed by atoms with Gasteiger partial charge in [0.15, 0.2) is 0 Å². The highest BCUT2D eigenvalue weighted by molar-refractivity contribution is 5.87. The van der Waals surface area contributed by atoms with E-state index in [9.17, 15) is 9.59 Å². The van der Waals surface area contributed by atoms with Gasteiger partial charge >= 0.3 is 0 Å². The number of hydrogen-bond donors (Lipinski definition) is 1. The number of rotatable bonds is 11. The van der Waals surface area contributed by atoms with E-state index >= 15 is 0 Å². The number of anilines is 1. The number of nitrogens with one attached hydrogen (secondary N) is 1. The Labute approximate surface area is 233 Å². The van der Waals surface area contributed by atoms with Crippen molar-refractivity contribution in [1.82, 2.24) is 20.3 Å². The van der Waals surface area contributed by atoms with Gasteiger partial charge in [-0.05, 0) is 71.7 Å². The average Bonchev–Trinajstić information content (AvgIpc) is 3.35. The number of pyridine rings is 1. The largest absolute Gasteiger partial charge is 0.355 e. The second-order valence-electron chi connectivity index (χ2n) is 10.5. The lowest BCUT2D eigenvalue weighted by atomic mass is 10.0. The number of likely N-dealkylation sites (N-methyl/N-ethyl adjacent to an activating group) is 1. The summed E-state index contributed by atoms with van der Waals surface area (Å²) in [5.41, 5.74) is 6.43. The standard InChI is InChI=1S/C31H39N5O2.CH4/c1-23(2)8-7-15-33-30(37)21-35(29-18-26(12-11-24(29)3)25-13-16-32-17-14-25)22-31(38)34(4)36-19-27-9-5-6-10-28(27)20-36;/h5-6,9-14,16-18,23H,7-8,15,19-22H2,1-4H3,(H,33,37);1H4. The number of aryl methyl sites for hydroxylation is 1.